The Morgan fingerprint density at radius 3 is 2.79 bits per heavy atom. The summed E-state index contributed by atoms with van der Waals surface area (Å²) in [6, 6.07) is 0. The van der Waals surface area contributed by atoms with Crippen molar-refractivity contribution in [1.82, 2.24) is 10.2 Å². The Bertz CT molecular complexity index is 423. The summed E-state index contributed by atoms with van der Waals surface area (Å²) >= 11 is 2.54. The van der Waals surface area contributed by atoms with Gasteiger partial charge in [-0.3, -0.25) is 14.9 Å². The maximum Gasteiger partial charge on any atom is 0.315 e. The van der Waals surface area contributed by atoms with Crippen LogP contribution in [0.2, 0.25) is 0 Å². The molecule has 1 aromatic heterocycles. The zero-order chi connectivity index (χ0) is 14.1. The molecule has 0 aliphatic rings. The third-order valence-electron chi connectivity index (χ3n) is 1.99. The average Bonchev–Trinajstić information content (AvgIpc) is 2.75. The summed E-state index contributed by atoms with van der Waals surface area (Å²) in [6.07, 6.45) is 1.86. The van der Waals surface area contributed by atoms with Crippen molar-refractivity contribution in [3.63, 3.8) is 0 Å². The number of rotatable bonds is 8. The molecule has 1 amide bonds. The summed E-state index contributed by atoms with van der Waals surface area (Å²) in [5.74, 6) is -0.0890. The van der Waals surface area contributed by atoms with Crippen LogP contribution in [0.3, 0.4) is 0 Å². The number of amides is 1. The SMILES string of the molecule is CCCCOC(=O)CSCC(=O)Nc1nnc(C)s1. The second kappa shape index (κ2) is 8.87. The van der Waals surface area contributed by atoms with Crippen LogP contribution in [-0.2, 0) is 14.3 Å². The zero-order valence-electron chi connectivity index (χ0n) is 11.0. The molecule has 6 nitrogen and oxygen atoms in total. The number of aromatic nitrogens is 2. The highest BCUT2D eigenvalue weighted by atomic mass is 32.2. The second-order valence-electron chi connectivity index (χ2n) is 3.74. The van der Waals surface area contributed by atoms with Crippen molar-refractivity contribution in [3.05, 3.63) is 5.01 Å². The number of nitrogens with zero attached hydrogens (tertiary/aromatic N) is 2. The maximum absolute atomic E-state index is 11.5. The lowest BCUT2D eigenvalue weighted by Gasteiger charge is -2.03. The molecule has 0 unspecified atom stereocenters. The molecule has 0 saturated carbocycles. The summed E-state index contributed by atoms with van der Waals surface area (Å²) in [5, 5.41) is 11.5. The van der Waals surface area contributed by atoms with Crippen LogP contribution in [0.1, 0.15) is 24.8 Å². The second-order valence-corrected chi connectivity index (χ2v) is 5.91. The van der Waals surface area contributed by atoms with Crippen LogP contribution < -0.4 is 5.32 Å². The molecule has 0 spiro atoms. The first-order valence-electron chi connectivity index (χ1n) is 5.95. The minimum atomic E-state index is -0.280. The molecule has 0 atom stereocenters. The van der Waals surface area contributed by atoms with E-state index in [2.05, 4.69) is 15.5 Å². The molecule has 0 aromatic carbocycles. The monoisotopic (exact) mass is 303 g/mol. The lowest BCUT2D eigenvalue weighted by molar-refractivity contribution is -0.140. The van der Waals surface area contributed by atoms with Crippen molar-refractivity contribution in [2.24, 2.45) is 0 Å². The van der Waals surface area contributed by atoms with E-state index < -0.39 is 0 Å². The topological polar surface area (TPSA) is 81.2 Å². The molecule has 0 fully saturated rings. The Balaban J connectivity index is 2.11. The molecule has 1 rings (SSSR count). The molecule has 0 bridgehead atoms. The molecule has 1 aromatic rings. The van der Waals surface area contributed by atoms with Gasteiger partial charge < -0.3 is 4.74 Å². The van der Waals surface area contributed by atoms with E-state index >= 15 is 0 Å². The molecule has 1 N–H and O–H groups in total. The van der Waals surface area contributed by atoms with Crippen LogP contribution >= 0.6 is 23.1 Å². The summed E-state index contributed by atoms with van der Waals surface area (Å²) in [5.41, 5.74) is 0. The molecule has 0 saturated heterocycles. The molecule has 106 valence electrons. The quantitative estimate of drug-likeness (QED) is 0.583. The van der Waals surface area contributed by atoms with Gasteiger partial charge in [0.1, 0.15) is 5.01 Å². The van der Waals surface area contributed by atoms with Crippen LogP contribution in [0.25, 0.3) is 0 Å². The molecule has 8 heteroatoms. The maximum atomic E-state index is 11.5. The average molecular weight is 303 g/mol. The predicted octanol–water partition coefficient (Wildman–Crippen LogP) is 1.86. The first-order chi connectivity index (χ1) is 9.11. The Hall–Kier alpha value is -1.15. The number of carbonyl (C=O) groups excluding carboxylic acids is 2. The molecule has 0 aliphatic carbocycles. The largest absolute Gasteiger partial charge is 0.465 e. The number of aryl methyl sites for hydroxylation is 1. The zero-order valence-corrected chi connectivity index (χ0v) is 12.6. The number of carbonyl (C=O) groups is 2. The Kier molecular flexibility index (Phi) is 7.42. The highest BCUT2D eigenvalue weighted by Crippen LogP contribution is 2.14. The number of unbranched alkanes of at least 4 members (excludes halogenated alkanes) is 1. The Morgan fingerprint density at radius 1 is 1.37 bits per heavy atom. The van der Waals surface area contributed by atoms with E-state index in [9.17, 15) is 9.59 Å². The van der Waals surface area contributed by atoms with Crippen molar-refractivity contribution in [2.75, 3.05) is 23.4 Å². The summed E-state index contributed by atoms with van der Waals surface area (Å²) in [4.78, 5) is 22.8. The van der Waals surface area contributed by atoms with Crippen molar-refractivity contribution >= 4 is 40.1 Å². The normalized spacial score (nSPS) is 10.2. The van der Waals surface area contributed by atoms with Gasteiger partial charge >= 0.3 is 5.97 Å². The number of hydrogen-bond acceptors (Lipinski definition) is 7. The third-order valence-corrected chi connectivity index (χ3v) is 3.65. The fourth-order valence-corrected chi connectivity index (χ4v) is 2.32. The van der Waals surface area contributed by atoms with Crippen molar-refractivity contribution in [2.45, 2.75) is 26.7 Å². The van der Waals surface area contributed by atoms with Gasteiger partial charge in [-0.25, -0.2) is 0 Å². The molecule has 19 heavy (non-hydrogen) atoms. The van der Waals surface area contributed by atoms with Gasteiger partial charge in [-0.1, -0.05) is 24.7 Å². The first kappa shape index (κ1) is 15.9. The van der Waals surface area contributed by atoms with Gasteiger partial charge in [-0.2, -0.15) is 0 Å². The minimum absolute atomic E-state index is 0.187. The molecular weight excluding hydrogens is 286 g/mol. The van der Waals surface area contributed by atoms with E-state index in [1.54, 1.807) is 0 Å². The van der Waals surface area contributed by atoms with Gasteiger partial charge in [0.25, 0.3) is 0 Å². The van der Waals surface area contributed by atoms with Gasteiger partial charge in [0.15, 0.2) is 0 Å². The number of hydrogen-bond donors (Lipinski definition) is 1. The van der Waals surface area contributed by atoms with E-state index in [1.165, 1.54) is 23.1 Å². The van der Waals surface area contributed by atoms with Crippen molar-refractivity contribution in [3.8, 4) is 0 Å². The number of thioether (sulfide) groups is 1. The van der Waals surface area contributed by atoms with E-state index in [1.807, 2.05) is 13.8 Å². The Labute approximate surface area is 120 Å². The molecular formula is C11H17N3O3S2. The van der Waals surface area contributed by atoms with Gasteiger partial charge in [-0.05, 0) is 13.3 Å². The van der Waals surface area contributed by atoms with Crippen LogP contribution in [0, 0.1) is 6.92 Å². The van der Waals surface area contributed by atoms with Gasteiger partial charge in [-0.15, -0.1) is 22.0 Å². The van der Waals surface area contributed by atoms with Crippen LogP contribution in [-0.4, -0.2) is 40.2 Å². The number of nitrogens with one attached hydrogen (secondary N) is 1. The molecule has 0 aliphatic heterocycles. The van der Waals surface area contributed by atoms with Crippen LogP contribution in [0.4, 0.5) is 5.13 Å². The minimum Gasteiger partial charge on any atom is -0.465 e. The Morgan fingerprint density at radius 2 is 2.16 bits per heavy atom. The summed E-state index contributed by atoms with van der Waals surface area (Å²) in [7, 11) is 0. The highest BCUT2D eigenvalue weighted by molar-refractivity contribution is 8.00. The smallest absolute Gasteiger partial charge is 0.315 e. The fraction of sp³-hybridized carbons (Fsp3) is 0.636. The van der Waals surface area contributed by atoms with Gasteiger partial charge in [0.05, 0.1) is 18.1 Å². The van der Waals surface area contributed by atoms with E-state index in [4.69, 9.17) is 4.74 Å². The standard InChI is InChI=1S/C11H17N3O3S2/c1-3-4-5-17-10(16)7-18-6-9(15)12-11-14-13-8(2)19-11/h3-7H2,1-2H3,(H,12,14,15). The number of anilines is 1. The molecule has 1 heterocycles. The van der Waals surface area contributed by atoms with Crippen molar-refractivity contribution in [1.29, 1.82) is 0 Å². The number of esters is 1. The first-order valence-corrected chi connectivity index (χ1v) is 7.92. The lowest BCUT2D eigenvalue weighted by atomic mass is 10.4. The summed E-state index contributed by atoms with van der Waals surface area (Å²) < 4.78 is 4.97. The van der Waals surface area contributed by atoms with Crippen LogP contribution in [0.5, 0.6) is 0 Å². The third kappa shape index (κ3) is 7.12. The van der Waals surface area contributed by atoms with Gasteiger partial charge in [0.2, 0.25) is 11.0 Å². The predicted molar refractivity (Wildman–Crippen MR) is 76.5 cm³/mol. The number of ether oxygens (including phenoxy) is 1. The van der Waals surface area contributed by atoms with Crippen molar-refractivity contribution < 1.29 is 14.3 Å². The van der Waals surface area contributed by atoms with E-state index in [0.717, 1.165) is 17.8 Å². The molecule has 0 radical (unpaired) electrons. The van der Waals surface area contributed by atoms with E-state index in [0.29, 0.717) is 11.7 Å². The summed E-state index contributed by atoms with van der Waals surface area (Å²) in [6.45, 7) is 4.29. The van der Waals surface area contributed by atoms with Crippen LogP contribution in [0.15, 0.2) is 0 Å². The lowest BCUT2D eigenvalue weighted by Crippen LogP contribution is -2.16. The highest BCUT2D eigenvalue weighted by Gasteiger charge is 2.08. The van der Waals surface area contributed by atoms with Gasteiger partial charge in [0, 0.05) is 0 Å². The fourth-order valence-electron chi connectivity index (χ4n) is 1.10. The van der Waals surface area contributed by atoms with E-state index in [-0.39, 0.29) is 23.4 Å².